The van der Waals surface area contributed by atoms with Crippen molar-refractivity contribution >= 4 is 43.2 Å². The van der Waals surface area contributed by atoms with Gasteiger partial charge in [-0.05, 0) is 31.9 Å². The summed E-state index contributed by atoms with van der Waals surface area (Å²) in [4.78, 5) is 0. The zero-order valence-electron chi connectivity index (χ0n) is 13.8. The van der Waals surface area contributed by atoms with Crippen LogP contribution in [-0.2, 0) is 18.9 Å². The van der Waals surface area contributed by atoms with E-state index < -0.39 is 5.41 Å². The third kappa shape index (κ3) is 5.55. The Morgan fingerprint density at radius 1 is 0.875 bits per heavy atom. The van der Waals surface area contributed by atoms with E-state index in [2.05, 4.69) is 31.9 Å². The molecule has 1 aliphatic heterocycles. The third-order valence-corrected chi connectivity index (χ3v) is 5.89. The molecule has 0 aliphatic carbocycles. The largest absolute Gasteiger partial charge is 0.487 e. The number of hydrogen-bond acceptors (Lipinski definition) is 7. The molecule has 0 bridgehead atoms. The highest BCUT2D eigenvalue weighted by Gasteiger charge is 2.38. The minimum atomic E-state index is -0.392. The number of halogens is 2. The lowest BCUT2D eigenvalue weighted by molar-refractivity contribution is -0.0714. The number of fused-ring (bicyclic) bond motifs is 1. The first-order chi connectivity index (χ1) is 11.6. The van der Waals surface area contributed by atoms with E-state index in [1.54, 1.807) is 14.2 Å². The van der Waals surface area contributed by atoms with Crippen molar-refractivity contribution in [1.29, 1.82) is 0 Å². The molecule has 0 saturated carbocycles. The number of thiophene rings is 1. The first-order valence-corrected chi connectivity index (χ1v) is 9.89. The third-order valence-electron chi connectivity index (χ3n) is 3.47. The van der Waals surface area contributed by atoms with E-state index in [0.717, 1.165) is 19.1 Å². The van der Waals surface area contributed by atoms with Gasteiger partial charge in [-0.3, -0.25) is 0 Å². The lowest BCUT2D eigenvalue weighted by atomic mass is 9.92. The number of rotatable bonds is 10. The molecule has 138 valence electrons. The standard InChI is InChI=1S/C15H22Br2O6S/c1-18-3-5-20-7-15(8-21-6-4-19-2)9-22-11-12(23-10-15)14(17)24-13(11)16/h3-10H2,1-2H3. The minimum absolute atomic E-state index is 0.392. The zero-order chi connectivity index (χ0) is 17.4. The summed E-state index contributed by atoms with van der Waals surface area (Å²) in [6.07, 6.45) is 0. The summed E-state index contributed by atoms with van der Waals surface area (Å²) in [5.74, 6) is 1.45. The van der Waals surface area contributed by atoms with Gasteiger partial charge in [0.25, 0.3) is 0 Å². The molecule has 9 heteroatoms. The first-order valence-electron chi connectivity index (χ1n) is 7.48. The maximum Gasteiger partial charge on any atom is 0.187 e. The molecule has 0 N–H and O–H groups in total. The molecule has 0 saturated heterocycles. The molecule has 0 radical (unpaired) electrons. The fourth-order valence-electron chi connectivity index (χ4n) is 2.16. The van der Waals surface area contributed by atoms with E-state index in [-0.39, 0.29) is 0 Å². The van der Waals surface area contributed by atoms with Crippen molar-refractivity contribution in [3.05, 3.63) is 7.57 Å². The van der Waals surface area contributed by atoms with Crippen molar-refractivity contribution in [3.63, 3.8) is 0 Å². The second kappa shape index (κ2) is 10.3. The van der Waals surface area contributed by atoms with Crippen molar-refractivity contribution in [3.8, 4) is 11.5 Å². The summed E-state index contributed by atoms with van der Waals surface area (Å²) >= 11 is 8.55. The van der Waals surface area contributed by atoms with Crippen LogP contribution in [0.2, 0.25) is 0 Å². The van der Waals surface area contributed by atoms with Gasteiger partial charge >= 0.3 is 0 Å². The average Bonchev–Trinajstić information content (AvgIpc) is 2.73. The van der Waals surface area contributed by atoms with Crippen LogP contribution in [-0.4, -0.2) is 67.1 Å². The maximum absolute atomic E-state index is 6.02. The molecule has 0 spiro atoms. The van der Waals surface area contributed by atoms with Crippen LogP contribution in [0.3, 0.4) is 0 Å². The Bertz CT molecular complexity index is 468. The van der Waals surface area contributed by atoms with Crippen molar-refractivity contribution in [1.82, 2.24) is 0 Å². The highest BCUT2D eigenvalue weighted by Crippen LogP contribution is 2.50. The summed E-state index contributed by atoms with van der Waals surface area (Å²) in [5, 5.41) is 0. The second-order valence-electron chi connectivity index (χ2n) is 5.48. The molecular formula is C15H22Br2O6S. The summed E-state index contributed by atoms with van der Waals surface area (Å²) < 4.78 is 35.4. The van der Waals surface area contributed by atoms with Crippen LogP contribution < -0.4 is 9.47 Å². The normalized spacial score (nSPS) is 16.2. The SMILES string of the molecule is COCCOCC1(COCCOC)COc2c(Br)sc(Br)c2OC1. The van der Waals surface area contributed by atoms with E-state index in [1.807, 2.05) is 0 Å². The predicted octanol–water partition coefficient (Wildman–Crippen LogP) is 3.36. The lowest BCUT2D eigenvalue weighted by Gasteiger charge is -2.30. The Morgan fingerprint density at radius 2 is 1.33 bits per heavy atom. The zero-order valence-corrected chi connectivity index (χ0v) is 17.8. The minimum Gasteiger partial charge on any atom is -0.487 e. The summed E-state index contributed by atoms with van der Waals surface area (Å²) in [5.41, 5.74) is -0.392. The van der Waals surface area contributed by atoms with Gasteiger partial charge in [0.1, 0.15) is 20.8 Å². The fourth-order valence-corrected chi connectivity index (χ4v) is 5.01. The van der Waals surface area contributed by atoms with Gasteiger partial charge in [-0.2, -0.15) is 0 Å². The lowest BCUT2D eigenvalue weighted by Crippen LogP contribution is -2.43. The average molecular weight is 490 g/mol. The number of methoxy groups -OCH3 is 2. The molecule has 0 atom stereocenters. The molecule has 1 aromatic heterocycles. The Hall–Kier alpha value is 0.1000. The predicted molar refractivity (Wildman–Crippen MR) is 98.5 cm³/mol. The van der Waals surface area contributed by atoms with Crippen LogP contribution in [0.25, 0.3) is 0 Å². The van der Waals surface area contributed by atoms with Crippen LogP contribution in [0, 0.1) is 5.41 Å². The topological polar surface area (TPSA) is 55.4 Å². The molecule has 1 aliphatic rings. The van der Waals surface area contributed by atoms with Gasteiger partial charge in [0.05, 0.1) is 45.1 Å². The first kappa shape index (κ1) is 20.4. The quantitative estimate of drug-likeness (QED) is 0.470. The van der Waals surface area contributed by atoms with Gasteiger partial charge in [-0.1, -0.05) is 0 Å². The number of ether oxygens (including phenoxy) is 6. The molecule has 1 aromatic rings. The molecule has 0 aromatic carbocycles. The van der Waals surface area contributed by atoms with Crippen molar-refractivity contribution < 1.29 is 28.4 Å². The maximum atomic E-state index is 6.02. The monoisotopic (exact) mass is 488 g/mol. The summed E-state index contributed by atoms with van der Waals surface area (Å²) in [6.45, 7) is 3.96. The molecule has 2 heterocycles. The molecule has 24 heavy (non-hydrogen) atoms. The Balaban J connectivity index is 2.01. The van der Waals surface area contributed by atoms with Crippen molar-refractivity contribution in [2.75, 3.05) is 67.1 Å². The summed E-state index contributed by atoms with van der Waals surface area (Å²) in [6, 6.07) is 0. The molecular weight excluding hydrogens is 468 g/mol. The van der Waals surface area contributed by atoms with Gasteiger partial charge in [-0.15, -0.1) is 11.3 Å². The second-order valence-corrected chi connectivity index (χ2v) is 9.13. The molecule has 0 fully saturated rings. The van der Waals surface area contributed by atoms with E-state index in [9.17, 15) is 0 Å². The van der Waals surface area contributed by atoms with Crippen LogP contribution in [0.4, 0.5) is 0 Å². The van der Waals surface area contributed by atoms with Crippen LogP contribution in [0.5, 0.6) is 11.5 Å². The van der Waals surface area contributed by atoms with Crippen molar-refractivity contribution in [2.45, 2.75) is 0 Å². The fraction of sp³-hybridized carbons (Fsp3) is 0.733. The molecule has 6 nitrogen and oxygen atoms in total. The molecule has 0 amide bonds. The highest BCUT2D eigenvalue weighted by atomic mass is 79.9. The van der Waals surface area contributed by atoms with Crippen LogP contribution >= 0.6 is 43.2 Å². The Morgan fingerprint density at radius 3 is 1.75 bits per heavy atom. The highest BCUT2D eigenvalue weighted by molar-refractivity contribution is 9.12. The Kier molecular flexibility index (Phi) is 8.76. The van der Waals surface area contributed by atoms with Crippen LogP contribution in [0.1, 0.15) is 0 Å². The van der Waals surface area contributed by atoms with E-state index in [4.69, 9.17) is 28.4 Å². The Labute approximate surface area is 162 Å². The smallest absolute Gasteiger partial charge is 0.187 e. The van der Waals surface area contributed by atoms with Gasteiger partial charge in [-0.25, -0.2) is 0 Å². The van der Waals surface area contributed by atoms with Gasteiger partial charge in [0.2, 0.25) is 0 Å². The van der Waals surface area contributed by atoms with Gasteiger partial charge in [0, 0.05) is 14.2 Å². The van der Waals surface area contributed by atoms with E-state index in [0.29, 0.717) is 52.9 Å². The van der Waals surface area contributed by atoms with Crippen molar-refractivity contribution in [2.24, 2.45) is 5.41 Å². The van der Waals surface area contributed by atoms with Crippen LogP contribution in [0.15, 0.2) is 7.57 Å². The number of hydrogen-bond donors (Lipinski definition) is 0. The van der Waals surface area contributed by atoms with E-state index >= 15 is 0 Å². The van der Waals surface area contributed by atoms with Gasteiger partial charge in [0.15, 0.2) is 11.5 Å². The van der Waals surface area contributed by atoms with Gasteiger partial charge < -0.3 is 28.4 Å². The van der Waals surface area contributed by atoms with E-state index in [1.165, 1.54) is 11.3 Å². The molecule has 2 rings (SSSR count). The summed E-state index contributed by atoms with van der Waals surface area (Å²) in [7, 11) is 3.30. The molecule has 0 unspecified atom stereocenters.